The monoisotopic (exact) mass is 297 g/mol. The highest BCUT2D eigenvalue weighted by atomic mass is 35.5. The third kappa shape index (κ3) is 5.43. The number of halogens is 1. The van der Waals surface area contributed by atoms with Gasteiger partial charge >= 0.3 is 0 Å². The summed E-state index contributed by atoms with van der Waals surface area (Å²) in [5.74, 6) is 1.44. The van der Waals surface area contributed by atoms with Crippen molar-refractivity contribution in [2.24, 2.45) is 0 Å². The van der Waals surface area contributed by atoms with E-state index in [1.165, 1.54) is 0 Å². The molecule has 1 aromatic carbocycles. The molecule has 0 saturated heterocycles. The van der Waals surface area contributed by atoms with Gasteiger partial charge in [-0.25, -0.2) is 0 Å². The zero-order valence-corrected chi connectivity index (χ0v) is 13.3. The van der Waals surface area contributed by atoms with Crippen LogP contribution in [0.3, 0.4) is 0 Å². The molecule has 0 aliphatic rings. The minimum Gasteiger partial charge on any atom is -0.493 e. The van der Waals surface area contributed by atoms with Crippen LogP contribution in [0.2, 0.25) is 5.02 Å². The molecule has 1 N–H and O–H groups in total. The molecule has 0 saturated carbocycles. The number of rotatable bonds is 9. The Labute approximate surface area is 126 Å². The molecule has 3 nitrogen and oxygen atoms in total. The van der Waals surface area contributed by atoms with Crippen molar-refractivity contribution in [3.63, 3.8) is 0 Å². The smallest absolute Gasteiger partial charge is 0.165 e. The maximum Gasteiger partial charge on any atom is 0.165 e. The molecular formula is C16H24ClNO2. The Morgan fingerprint density at radius 2 is 2.15 bits per heavy atom. The van der Waals surface area contributed by atoms with E-state index in [4.69, 9.17) is 21.1 Å². The van der Waals surface area contributed by atoms with Crippen molar-refractivity contribution in [2.75, 3.05) is 20.3 Å². The molecule has 1 rings (SSSR count). The number of hydrogen-bond donors (Lipinski definition) is 1. The fourth-order valence-electron chi connectivity index (χ4n) is 1.80. The summed E-state index contributed by atoms with van der Waals surface area (Å²) in [5.41, 5.74) is 2.12. The van der Waals surface area contributed by atoms with Gasteiger partial charge in [-0.1, -0.05) is 24.1 Å². The van der Waals surface area contributed by atoms with Gasteiger partial charge in [0.05, 0.1) is 13.7 Å². The fourth-order valence-corrected chi connectivity index (χ4v) is 2.03. The average Bonchev–Trinajstić information content (AvgIpc) is 2.40. The lowest BCUT2D eigenvalue weighted by Gasteiger charge is -2.16. The number of methoxy groups -OCH3 is 1. The molecule has 0 aromatic heterocycles. The van der Waals surface area contributed by atoms with Gasteiger partial charge in [0.25, 0.3) is 0 Å². The molecule has 0 bridgehead atoms. The maximum atomic E-state index is 6.12. The molecule has 112 valence electrons. The second-order valence-electron chi connectivity index (χ2n) is 4.83. The van der Waals surface area contributed by atoms with E-state index in [0.29, 0.717) is 23.9 Å². The lowest BCUT2D eigenvalue weighted by Crippen LogP contribution is -2.15. The summed E-state index contributed by atoms with van der Waals surface area (Å²) in [4.78, 5) is 0. The Balaban J connectivity index is 2.87. The second-order valence-corrected chi connectivity index (χ2v) is 5.27. The van der Waals surface area contributed by atoms with E-state index < -0.39 is 0 Å². The Morgan fingerprint density at radius 1 is 1.40 bits per heavy atom. The highest BCUT2D eigenvalue weighted by molar-refractivity contribution is 6.30. The van der Waals surface area contributed by atoms with E-state index in [1.807, 2.05) is 13.0 Å². The molecule has 0 radical (unpaired) electrons. The molecule has 0 amide bonds. The van der Waals surface area contributed by atoms with Crippen LogP contribution in [0.15, 0.2) is 24.3 Å². The number of hydrogen-bond acceptors (Lipinski definition) is 3. The van der Waals surface area contributed by atoms with Crippen molar-refractivity contribution < 1.29 is 9.47 Å². The van der Waals surface area contributed by atoms with Crippen LogP contribution in [0.5, 0.6) is 11.5 Å². The van der Waals surface area contributed by atoms with Crippen LogP contribution in [-0.2, 0) is 6.54 Å². The van der Waals surface area contributed by atoms with Crippen molar-refractivity contribution in [2.45, 2.75) is 33.2 Å². The minimum atomic E-state index is 0.591. The third-order valence-corrected chi connectivity index (χ3v) is 3.05. The van der Waals surface area contributed by atoms with Gasteiger partial charge in [0, 0.05) is 29.6 Å². The van der Waals surface area contributed by atoms with Gasteiger partial charge in [0.1, 0.15) is 0 Å². The van der Waals surface area contributed by atoms with Crippen LogP contribution in [0.25, 0.3) is 0 Å². The predicted octanol–water partition coefficient (Wildman–Crippen LogP) is 4.19. The molecule has 0 spiro atoms. The summed E-state index contributed by atoms with van der Waals surface area (Å²) in [5, 5.41) is 4.01. The number of nitrogens with one attached hydrogen (secondary N) is 1. The molecule has 0 heterocycles. The van der Waals surface area contributed by atoms with Gasteiger partial charge in [-0.05, 0) is 26.0 Å². The summed E-state index contributed by atoms with van der Waals surface area (Å²) in [6, 6.07) is 3.70. The normalized spacial score (nSPS) is 10.4. The van der Waals surface area contributed by atoms with Crippen molar-refractivity contribution in [1.82, 2.24) is 5.32 Å². The first kappa shape index (κ1) is 16.9. The summed E-state index contributed by atoms with van der Waals surface area (Å²) in [7, 11) is 1.63. The average molecular weight is 298 g/mol. The van der Waals surface area contributed by atoms with Crippen LogP contribution in [0.4, 0.5) is 0 Å². The molecule has 0 aliphatic heterocycles. The van der Waals surface area contributed by atoms with Crippen LogP contribution in [0, 0.1) is 0 Å². The molecule has 1 aromatic rings. The highest BCUT2D eigenvalue weighted by Gasteiger charge is 2.12. The molecule has 4 heteroatoms. The van der Waals surface area contributed by atoms with E-state index in [1.54, 1.807) is 13.2 Å². The Bertz CT molecular complexity index is 446. The van der Waals surface area contributed by atoms with Crippen LogP contribution in [-0.4, -0.2) is 20.3 Å². The summed E-state index contributed by atoms with van der Waals surface area (Å²) in [6.45, 7) is 10.3. The Morgan fingerprint density at radius 3 is 2.75 bits per heavy atom. The molecule has 20 heavy (non-hydrogen) atoms. The van der Waals surface area contributed by atoms with Gasteiger partial charge in [-0.2, -0.15) is 0 Å². The number of benzene rings is 1. The zero-order chi connectivity index (χ0) is 15.0. The summed E-state index contributed by atoms with van der Waals surface area (Å²) >= 11 is 6.12. The van der Waals surface area contributed by atoms with Crippen LogP contribution in [0.1, 0.15) is 32.3 Å². The molecule has 0 unspecified atom stereocenters. The van der Waals surface area contributed by atoms with E-state index in [2.05, 4.69) is 18.8 Å². The van der Waals surface area contributed by atoms with Crippen molar-refractivity contribution in [3.05, 3.63) is 34.9 Å². The van der Waals surface area contributed by atoms with Gasteiger partial charge in [-0.3, -0.25) is 0 Å². The van der Waals surface area contributed by atoms with E-state index >= 15 is 0 Å². The summed E-state index contributed by atoms with van der Waals surface area (Å²) in [6.07, 6.45) is 1.91. The lowest BCUT2D eigenvalue weighted by atomic mass is 10.1. The molecule has 0 fully saturated rings. The van der Waals surface area contributed by atoms with Crippen molar-refractivity contribution >= 4 is 11.6 Å². The highest BCUT2D eigenvalue weighted by Crippen LogP contribution is 2.35. The second kappa shape index (κ2) is 8.88. The van der Waals surface area contributed by atoms with Gasteiger partial charge < -0.3 is 14.8 Å². The van der Waals surface area contributed by atoms with Crippen molar-refractivity contribution in [3.8, 4) is 11.5 Å². The quantitative estimate of drug-likeness (QED) is 0.547. The van der Waals surface area contributed by atoms with Gasteiger partial charge in [-0.15, -0.1) is 6.58 Å². The first-order valence-corrected chi connectivity index (χ1v) is 7.30. The first-order valence-electron chi connectivity index (χ1n) is 6.92. The predicted molar refractivity (Wildman–Crippen MR) is 84.9 cm³/mol. The van der Waals surface area contributed by atoms with Crippen LogP contribution >= 0.6 is 11.6 Å². The minimum absolute atomic E-state index is 0.591. The van der Waals surface area contributed by atoms with E-state index in [9.17, 15) is 0 Å². The lowest BCUT2D eigenvalue weighted by molar-refractivity contribution is 0.293. The van der Waals surface area contributed by atoms with E-state index in [-0.39, 0.29) is 0 Å². The van der Waals surface area contributed by atoms with Crippen LogP contribution < -0.4 is 14.8 Å². The number of ether oxygens (including phenoxy) is 2. The Kier molecular flexibility index (Phi) is 7.48. The van der Waals surface area contributed by atoms with Gasteiger partial charge in [0.2, 0.25) is 0 Å². The molecule has 0 atom stereocenters. The fraction of sp³-hybridized carbons (Fsp3) is 0.500. The largest absolute Gasteiger partial charge is 0.493 e. The van der Waals surface area contributed by atoms with Gasteiger partial charge in [0.15, 0.2) is 11.5 Å². The molecule has 0 aliphatic carbocycles. The van der Waals surface area contributed by atoms with Crippen molar-refractivity contribution in [1.29, 1.82) is 0 Å². The molecular weight excluding hydrogens is 274 g/mol. The van der Waals surface area contributed by atoms with E-state index in [0.717, 1.165) is 36.3 Å². The zero-order valence-electron chi connectivity index (χ0n) is 12.6. The SMILES string of the molecule is C=C(C)CCOc1c(CNCCC)cc(Cl)cc1OC. The maximum absolute atomic E-state index is 6.12. The topological polar surface area (TPSA) is 30.5 Å². The standard InChI is InChI=1S/C16H24ClNO2/c1-5-7-18-11-13-9-14(17)10-15(19-4)16(13)20-8-6-12(2)3/h9-10,18H,2,5-8,11H2,1,3-4H3. The first-order chi connectivity index (χ1) is 9.58. The summed E-state index contributed by atoms with van der Waals surface area (Å²) < 4.78 is 11.2. The third-order valence-electron chi connectivity index (χ3n) is 2.83. The Hall–Kier alpha value is -1.19.